The lowest BCUT2D eigenvalue weighted by Crippen LogP contribution is -2.45. The zero-order valence-electron chi connectivity index (χ0n) is 17.6. The summed E-state index contributed by atoms with van der Waals surface area (Å²) in [7, 11) is 1.98. The number of pyridine rings is 1. The molecular weight excluding hydrogens is 439 g/mol. The van der Waals surface area contributed by atoms with Gasteiger partial charge in [-0.15, -0.1) is 0 Å². The average molecular weight is 465 g/mol. The number of amides is 1. The molecule has 166 valence electrons. The van der Waals surface area contributed by atoms with Gasteiger partial charge in [0.25, 0.3) is 5.91 Å². The van der Waals surface area contributed by atoms with Crippen LogP contribution in [-0.4, -0.2) is 61.1 Å². The third kappa shape index (κ3) is 6.32. The van der Waals surface area contributed by atoms with E-state index in [0.29, 0.717) is 34.6 Å². The molecule has 1 saturated heterocycles. The average Bonchev–Trinajstić information content (AvgIpc) is 2.75. The fourth-order valence-electron chi connectivity index (χ4n) is 3.68. The number of halogens is 2. The van der Waals surface area contributed by atoms with Crippen molar-refractivity contribution in [3.8, 4) is 0 Å². The summed E-state index contributed by atoms with van der Waals surface area (Å²) in [6.07, 6.45) is 3.23. The first-order valence-electron chi connectivity index (χ1n) is 10.2. The molecule has 0 aliphatic carbocycles. The van der Waals surface area contributed by atoms with E-state index in [1.807, 2.05) is 20.0 Å². The van der Waals surface area contributed by atoms with Crippen LogP contribution in [0.1, 0.15) is 30.1 Å². The zero-order valence-corrected chi connectivity index (χ0v) is 19.1. The second kappa shape index (κ2) is 10.8. The van der Waals surface area contributed by atoms with Crippen LogP contribution in [0.25, 0.3) is 0 Å². The Labute approximate surface area is 192 Å². The molecule has 1 aliphatic heterocycles. The van der Waals surface area contributed by atoms with E-state index >= 15 is 0 Å². The first kappa shape index (κ1) is 23.3. The highest BCUT2D eigenvalue weighted by molar-refractivity contribution is 6.31. The summed E-state index contributed by atoms with van der Waals surface area (Å²) in [5.74, 6) is -0.0732. The maximum Gasteiger partial charge on any atom is 0.320 e. The van der Waals surface area contributed by atoms with Crippen molar-refractivity contribution in [3.05, 3.63) is 52.1 Å². The highest BCUT2D eigenvalue weighted by Gasteiger charge is 2.26. The van der Waals surface area contributed by atoms with Gasteiger partial charge in [0, 0.05) is 43.1 Å². The Morgan fingerprint density at radius 2 is 1.90 bits per heavy atom. The van der Waals surface area contributed by atoms with Crippen LogP contribution in [0.2, 0.25) is 10.0 Å². The van der Waals surface area contributed by atoms with Gasteiger partial charge in [-0.05, 0) is 50.1 Å². The smallest absolute Gasteiger partial charge is 0.320 e. The third-order valence-electron chi connectivity index (χ3n) is 5.32. The Bertz CT molecular complexity index is 915. The minimum absolute atomic E-state index is 0.193. The maximum absolute atomic E-state index is 13.0. The summed E-state index contributed by atoms with van der Waals surface area (Å²) in [6.45, 7) is 4.09. The number of carbonyl (C=O) groups is 2. The van der Waals surface area contributed by atoms with E-state index in [0.717, 1.165) is 31.6 Å². The monoisotopic (exact) mass is 464 g/mol. The van der Waals surface area contributed by atoms with Crippen molar-refractivity contribution in [1.82, 2.24) is 9.88 Å². The summed E-state index contributed by atoms with van der Waals surface area (Å²) in [4.78, 5) is 33.0. The van der Waals surface area contributed by atoms with Gasteiger partial charge in [-0.25, -0.2) is 4.98 Å². The normalized spacial score (nSPS) is 14.8. The molecule has 0 unspecified atom stereocenters. The number of ether oxygens (including phenoxy) is 1. The SMILES string of the molecule is CCOC(=O)CN1CCC(N(C)c2ccc(Cl)cc2C(=O)Nc2ccc(Cl)cn2)CC1. The Kier molecular flexibility index (Phi) is 8.12. The number of carbonyl (C=O) groups excluding carboxylic acids is 2. The van der Waals surface area contributed by atoms with E-state index < -0.39 is 0 Å². The van der Waals surface area contributed by atoms with E-state index in [9.17, 15) is 9.59 Å². The van der Waals surface area contributed by atoms with Gasteiger partial charge < -0.3 is 15.0 Å². The molecule has 7 nitrogen and oxygen atoms in total. The van der Waals surface area contributed by atoms with Crippen LogP contribution >= 0.6 is 23.2 Å². The van der Waals surface area contributed by atoms with Crippen molar-refractivity contribution in [3.63, 3.8) is 0 Å². The molecular formula is C22H26Cl2N4O3. The van der Waals surface area contributed by atoms with Crippen LogP contribution in [0, 0.1) is 0 Å². The molecule has 0 saturated carbocycles. The quantitative estimate of drug-likeness (QED) is 0.621. The van der Waals surface area contributed by atoms with Gasteiger partial charge in [-0.3, -0.25) is 14.5 Å². The molecule has 1 fully saturated rings. The Morgan fingerprint density at radius 3 is 2.55 bits per heavy atom. The lowest BCUT2D eigenvalue weighted by Gasteiger charge is -2.38. The Hall–Kier alpha value is -2.35. The molecule has 0 atom stereocenters. The van der Waals surface area contributed by atoms with Crippen LogP contribution < -0.4 is 10.2 Å². The minimum atomic E-state index is -0.293. The van der Waals surface area contributed by atoms with Crippen LogP contribution in [0.5, 0.6) is 0 Å². The molecule has 0 radical (unpaired) electrons. The zero-order chi connectivity index (χ0) is 22.4. The molecule has 1 amide bonds. The lowest BCUT2D eigenvalue weighted by atomic mass is 10.0. The second-order valence-electron chi connectivity index (χ2n) is 7.40. The summed E-state index contributed by atoms with van der Waals surface area (Å²) < 4.78 is 5.04. The largest absolute Gasteiger partial charge is 0.465 e. The molecule has 1 aromatic heterocycles. The standard InChI is InChI=1S/C22H26Cl2N4O3/c1-3-31-21(29)14-28-10-8-17(9-11-28)27(2)19-6-4-15(23)12-18(19)22(30)26-20-7-5-16(24)13-25-20/h4-7,12-13,17H,3,8-11,14H2,1-2H3,(H,25,26,30). The topological polar surface area (TPSA) is 74.8 Å². The van der Waals surface area contributed by atoms with Gasteiger partial charge in [-0.2, -0.15) is 0 Å². The predicted molar refractivity (Wildman–Crippen MR) is 123 cm³/mol. The number of rotatable bonds is 7. The van der Waals surface area contributed by atoms with Crippen LogP contribution in [-0.2, 0) is 9.53 Å². The van der Waals surface area contributed by atoms with Crippen LogP contribution in [0.3, 0.4) is 0 Å². The number of anilines is 2. The lowest BCUT2D eigenvalue weighted by molar-refractivity contribution is -0.144. The fraction of sp³-hybridized carbons (Fsp3) is 0.409. The molecule has 3 rings (SSSR count). The van der Waals surface area contributed by atoms with E-state index in [2.05, 4.69) is 20.1 Å². The van der Waals surface area contributed by atoms with Crippen LogP contribution in [0.15, 0.2) is 36.5 Å². The molecule has 1 aliphatic rings. The first-order chi connectivity index (χ1) is 14.9. The second-order valence-corrected chi connectivity index (χ2v) is 8.27. The van der Waals surface area contributed by atoms with Crippen molar-refractivity contribution in [2.45, 2.75) is 25.8 Å². The van der Waals surface area contributed by atoms with Crippen molar-refractivity contribution in [2.75, 3.05) is 43.5 Å². The maximum atomic E-state index is 13.0. The summed E-state index contributed by atoms with van der Waals surface area (Å²) in [5, 5.41) is 3.78. The van der Waals surface area contributed by atoms with Gasteiger partial charge in [0.2, 0.25) is 0 Å². The molecule has 0 bridgehead atoms. The first-order valence-corrected chi connectivity index (χ1v) is 11.0. The van der Waals surface area contributed by atoms with E-state index in [1.165, 1.54) is 6.20 Å². The van der Waals surface area contributed by atoms with Crippen molar-refractivity contribution in [1.29, 1.82) is 0 Å². The third-order valence-corrected chi connectivity index (χ3v) is 5.77. The molecule has 0 spiro atoms. The summed E-state index contributed by atoms with van der Waals surface area (Å²) >= 11 is 12.1. The predicted octanol–water partition coefficient (Wildman–Crippen LogP) is 4.10. The van der Waals surface area contributed by atoms with Gasteiger partial charge in [0.05, 0.1) is 23.7 Å². The fourth-order valence-corrected chi connectivity index (χ4v) is 3.97. The van der Waals surface area contributed by atoms with Gasteiger partial charge in [0.1, 0.15) is 5.82 Å². The highest BCUT2D eigenvalue weighted by Crippen LogP contribution is 2.29. The van der Waals surface area contributed by atoms with Crippen LogP contribution in [0.4, 0.5) is 11.5 Å². The number of likely N-dealkylation sites (tertiary alicyclic amines) is 1. The van der Waals surface area contributed by atoms with Gasteiger partial charge in [-0.1, -0.05) is 23.2 Å². The number of benzene rings is 1. The van der Waals surface area contributed by atoms with Gasteiger partial charge in [0.15, 0.2) is 0 Å². The number of aromatic nitrogens is 1. The number of nitrogens with zero attached hydrogens (tertiary/aromatic N) is 3. The van der Waals surface area contributed by atoms with Gasteiger partial charge >= 0.3 is 5.97 Å². The molecule has 2 heterocycles. The molecule has 9 heteroatoms. The van der Waals surface area contributed by atoms with E-state index in [4.69, 9.17) is 27.9 Å². The summed E-state index contributed by atoms with van der Waals surface area (Å²) in [5.41, 5.74) is 1.26. The molecule has 1 aromatic carbocycles. The van der Waals surface area contributed by atoms with E-state index in [-0.39, 0.29) is 17.9 Å². The molecule has 2 aromatic rings. The van der Waals surface area contributed by atoms with E-state index in [1.54, 1.807) is 24.3 Å². The number of hydrogen-bond acceptors (Lipinski definition) is 6. The van der Waals surface area contributed by atoms with Crippen molar-refractivity contribution in [2.24, 2.45) is 0 Å². The molecule has 1 N–H and O–H groups in total. The van der Waals surface area contributed by atoms with Crippen molar-refractivity contribution >= 4 is 46.6 Å². The summed E-state index contributed by atoms with van der Waals surface area (Å²) in [6, 6.07) is 8.85. The minimum Gasteiger partial charge on any atom is -0.465 e. The Balaban J connectivity index is 1.69. The van der Waals surface area contributed by atoms with Crippen molar-refractivity contribution < 1.29 is 14.3 Å². The Morgan fingerprint density at radius 1 is 1.19 bits per heavy atom. The number of esters is 1. The number of hydrogen-bond donors (Lipinski definition) is 1. The highest BCUT2D eigenvalue weighted by atomic mass is 35.5. The number of piperidine rings is 1. The number of nitrogens with one attached hydrogen (secondary N) is 1. The molecule has 31 heavy (non-hydrogen) atoms.